The molecule has 0 N–H and O–H groups in total. The molecule has 1 heteroatoms. The third kappa shape index (κ3) is 2.28. The molecule has 0 saturated heterocycles. The van der Waals surface area contributed by atoms with Crippen LogP contribution in [-0.2, 0) is 0 Å². The van der Waals surface area contributed by atoms with E-state index >= 15 is 0 Å². The van der Waals surface area contributed by atoms with Gasteiger partial charge in [-0.25, -0.2) is 0 Å². The maximum atomic E-state index is 4.75. The molecule has 0 unspecified atom stereocenters. The van der Waals surface area contributed by atoms with E-state index in [-0.39, 0.29) is 0 Å². The van der Waals surface area contributed by atoms with Gasteiger partial charge in [0.2, 0.25) is 0 Å². The molecule has 5 aromatic rings. The van der Waals surface area contributed by atoms with Gasteiger partial charge in [-0.3, -0.25) is 4.98 Å². The molecule has 0 atom stereocenters. The number of nitrogens with zero attached hydrogens (tertiary/aromatic N) is 1. The first-order chi connectivity index (χ1) is 12.3. The van der Waals surface area contributed by atoms with E-state index in [1.807, 2.05) is 6.20 Å². The van der Waals surface area contributed by atoms with Gasteiger partial charge in [0.15, 0.2) is 0 Å². The van der Waals surface area contributed by atoms with Crippen LogP contribution in [0.25, 0.3) is 43.6 Å². The van der Waals surface area contributed by atoms with Crippen LogP contribution in [0.3, 0.4) is 0 Å². The Labute approximate surface area is 146 Å². The summed E-state index contributed by atoms with van der Waals surface area (Å²) >= 11 is 0. The van der Waals surface area contributed by atoms with Gasteiger partial charge in [-0.15, -0.1) is 0 Å². The normalized spacial score (nSPS) is 11.4. The molecule has 0 amide bonds. The average Bonchev–Trinajstić information content (AvgIpc) is 2.67. The van der Waals surface area contributed by atoms with Gasteiger partial charge in [-0.2, -0.15) is 0 Å². The molecule has 0 aliphatic carbocycles. The molecule has 5 rings (SSSR count). The third-order valence-corrected chi connectivity index (χ3v) is 5.00. The fourth-order valence-corrected chi connectivity index (χ4v) is 3.68. The Morgan fingerprint density at radius 3 is 2.12 bits per heavy atom. The van der Waals surface area contributed by atoms with Crippen LogP contribution in [0, 0.1) is 6.92 Å². The minimum absolute atomic E-state index is 1.03. The van der Waals surface area contributed by atoms with Crippen LogP contribution < -0.4 is 0 Å². The Hall–Kier alpha value is -3.19. The molecule has 0 saturated carbocycles. The fourth-order valence-electron chi connectivity index (χ4n) is 3.68. The molecule has 118 valence electrons. The molecule has 25 heavy (non-hydrogen) atoms. The zero-order chi connectivity index (χ0) is 16.8. The van der Waals surface area contributed by atoms with E-state index in [0.717, 1.165) is 5.69 Å². The Kier molecular flexibility index (Phi) is 3.07. The van der Waals surface area contributed by atoms with Crippen molar-refractivity contribution in [2.75, 3.05) is 0 Å². The van der Waals surface area contributed by atoms with Crippen LogP contribution in [0.2, 0.25) is 0 Å². The fraction of sp³-hybridized carbons (Fsp3) is 0.0417. The minimum atomic E-state index is 1.03. The highest BCUT2D eigenvalue weighted by Gasteiger charge is 2.08. The third-order valence-electron chi connectivity index (χ3n) is 5.00. The second-order valence-corrected chi connectivity index (χ2v) is 6.59. The van der Waals surface area contributed by atoms with Crippen molar-refractivity contribution in [3.8, 4) is 11.3 Å². The van der Waals surface area contributed by atoms with Crippen LogP contribution in [-0.4, -0.2) is 4.98 Å². The van der Waals surface area contributed by atoms with E-state index in [4.69, 9.17) is 4.98 Å². The van der Waals surface area contributed by atoms with Crippen LogP contribution in [0.15, 0.2) is 85.1 Å². The largest absolute Gasteiger partial charge is 0.256 e. The van der Waals surface area contributed by atoms with Gasteiger partial charge in [0.05, 0.1) is 5.69 Å². The Morgan fingerprint density at radius 2 is 1.28 bits per heavy atom. The second-order valence-electron chi connectivity index (χ2n) is 6.59. The summed E-state index contributed by atoms with van der Waals surface area (Å²) < 4.78 is 0. The van der Waals surface area contributed by atoms with Crippen molar-refractivity contribution < 1.29 is 0 Å². The Bertz CT molecular complexity index is 1250. The van der Waals surface area contributed by atoms with E-state index in [1.54, 1.807) is 0 Å². The SMILES string of the molecule is Cc1cc2ccccc2cc1-c1cc2c(ccc3ccccc32)cn1. The maximum Gasteiger partial charge on any atom is 0.0711 e. The summed E-state index contributed by atoms with van der Waals surface area (Å²) in [5.74, 6) is 0. The molecular weight excluding hydrogens is 302 g/mol. The summed E-state index contributed by atoms with van der Waals surface area (Å²) in [7, 11) is 0. The van der Waals surface area contributed by atoms with Gasteiger partial charge < -0.3 is 0 Å². The Balaban J connectivity index is 1.81. The lowest BCUT2D eigenvalue weighted by atomic mass is 9.97. The van der Waals surface area contributed by atoms with Gasteiger partial charge in [-0.1, -0.05) is 66.7 Å². The zero-order valence-corrected chi connectivity index (χ0v) is 14.0. The molecule has 1 nitrogen and oxygen atoms in total. The maximum absolute atomic E-state index is 4.75. The highest BCUT2D eigenvalue weighted by molar-refractivity contribution is 6.08. The quantitative estimate of drug-likeness (QED) is 0.321. The highest BCUT2D eigenvalue weighted by Crippen LogP contribution is 2.31. The van der Waals surface area contributed by atoms with Crippen molar-refractivity contribution in [3.63, 3.8) is 0 Å². The topological polar surface area (TPSA) is 12.9 Å². The monoisotopic (exact) mass is 319 g/mol. The zero-order valence-electron chi connectivity index (χ0n) is 14.0. The lowest BCUT2D eigenvalue weighted by Crippen LogP contribution is -1.89. The van der Waals surface area contributed by atoms with Gasteiger partial charge in [0.25, 0.3) is 0 Å². The first kappa shape index (κ1) is 14.2. The van der Waals surface area contributed by atoms with Crippen molar-refractivity contribution in [1.82, 2.24) is 4.98 Å². The summed E-state index contributed by atoms with van der Waals surface area (Å²) in [6, 6.07) is 28.1. The van der Waals surface area contributed by atoms with E-state index in [0.29, 0.717) is 0 Å². The van der Waals surface area contributed by atoms with Crippen molar-refractivity contribution in [3.05, 3.63) is 90.6 Å². The van der Waals surface area contributed by atoms with Crippen molar-refractivity contribution in [2.45, 2.75) is 6.92 Å². The highest BCUT2D eigenvalue weighted by atomic mass is 14.7. The number of hydrogen-bond acceptors (Lipinski definition) is 1. The van der Waals surface area contributed by atoms with Crippen LogP contribution in [0.1, 0.15) is 5.56 Å². The van der Waals surface area contributed by atoms with Crippen LogP contribution in [0.5, 0.6) is 0 Å². The van der Waals surface area contributed by atoms with E-state index in [2.05, 4.69) is 85.8 Å². The number of pyridine rings is 1. The number of aromatic nitrogens is 1. The summed E-state index contributed by atoms with van der Waals surface area (Å²) in [6.45, 7) is 2.16. The predicted octanol–water partition coefficient (Wildman–Crippen LogP) is 6.52. The minimum Gasteiger partial charge on any atom is -0.256 e. The van der Waals surface area contributed by atoms with Crippen LogP contribution in [0.4, 0.5) is 0 Å². The molecule has 4 aromatic carbocycles. The van der Waals surface area contributed by atoms with E-state index < -0.39 is 0 Å². The Morgan fingerprint density at radius 1 is 0.600 bits per heavy atom. The molecule has 0 aliphatic heterocycles. The summed E-state index contributed by atoms with van der Waals surface area (Å²) in [4.78, 5) is 4.75. The molecular formula is C24H17N. The van der Waals surface area contributed by atoms with Crippen molar-refractivity contribution in [2.24, 2.45) is 0 Å². The predicted molar refractivity (Wildman–Crippen MR) is 107 cm³/mol. The second kappa shape index (κ2) is 5.42. The average molecular weight is 319 g/mol. The first-order valence-electron chi connectivity index (χ1n) is 8.57. The standard InChI is InChI=1S/C24H17N/c1-16-12-18-7-2-3-8-19(18)13-22(16)24-14-23-20(15-25-24)11-10-17-6-4-5-9-21(17)23/h2-15H,1H3. The molecule has 0 radical (unpaired) electrons. The molecule has 1 aromatic heterocycles. The number of rotatable bonds is 1. The van der Waals surface area contributed by atoms with Crippen LogP contribution >= 0.6 is 0 Å². The number of benzene rings is 4. The molecule has 0 fully saturated rings. The smallest absolute Gasteiger partial charge is 0.0711 e. The van der Waals surface area contributed by atoms with Gasteiger partial charge in [-0.05, 0) is 51.6 Å². The molecule has 0 aliphatic rings. The summed E-state index contributed by atoms with van der Waals surface area (Å²) in [5.41, 5.74) is 3.49. The molecule has 0 bridgehead atoms. The van der Waals surface area contributed by atoms with Gasteiger partial charge in [0, 0.05) is 17.1 Å². The number of hydrogen-bond donors (Lipinski definition) is 0. The molecule has 1 heterocycles. The van der Waals surface area contributed by atoms with Gasteiger partial charge >= 0.3 is 0 Å². The lowest BCUT2D eigenvalue weighted by molar-refractivity contribution is 1.34. The van der Waals surface area contributed by atoms with E-state index in [1.165, 1.54) is 43.4 Å². The summed E-state index contributed by atoms with van der Waals surface area (Å²) in [5, 5.41) is 7.51. The van der Waals surface area contributed by atoms with Crippen molar-refractivity contribution >= 4 is 32.3 Å². The summed E-state index contributed by atoms with van der Waals surface area (Å²) in [6.07, 6.45) is 1.99. The van der Waals surface area contributed by atoms with E-state index in [9.17, 15) is 0 Å². The first-order valence-corrected chi connectivity index (χ1v) is 8.57. The number of fused-ring (bicyclic) bond motifs is 4. The lowest BCUT2D eigenvalue weighted by Gasteiger charge is -2.10. The van der Waals surface area contributed by atoms with Crippen molar-refractivity contribution in [1.29, 1.82) is 0 Å². The molecule has 0 spiro atoms. The number of aryl methyl sites for hydroxylation is 1. The van der Waals surface area contributed by atoms with Gasteiger partial charge in [0.1, 0.15) is 0 Å².